The number of hydrogen-bond acceptors (Lipinski definition) is 5. The molecule has 0 radical (unpaired) electrons. The number of benzene rings is 2. The molecule has 174 valence electrons. The lowest BCUT2D eigenvalue weighted by atomic mass is 10.0. The summed E-state index contributed by atoms with van der Waals surface area (Å²) in [4.78, 5) is 19.1. The van der Waals surface area contributed by atoms with Crippen LogP contribution in [-0.2, 0) is 23.1 Å². The van der Waals surface area contributed by atoms with Crippen molar-refractivity contribution in [3.8, 4) is 0 Å². The fourth-order valence-corrected chi connectivity index (χ4v) is 4.92. The van der Waals surface area contributed by atoms with Crippen LogP contribution in [0.1, 0.15) is 54.6 Å². The van der Waals surface area contributed by atoms with Gasteiger partial charge in [0.1, 0.15) is 5.84 Å². The van der Waals surface area contributed by atoms with Gasteiger partial charge in [0, 0.05) is 21.3 Å². The Kier molecular flexibility index (Phi) is 9.40. The fraction of sp³-hybridized carbons (Fsp3) is 0.364. The molecule has 0 aromatic heterocycles. The Hall–Kier alpha value is -1.80. The standard InChI is InChI=1S/C22H25Cl2N3O3S.ClH/c1-3-4-5-10-31(29,30)26-22(28)16-6-7-17-13-25-15(2)27(21(17)11-16)14-18-8-9-19(23)12-20(18)24;/h6-9,11-12H,3-5,10,13-14H2,1-2H3,(H,26,28);1H. The molecule has 0 bridgehead atoms. The summed E-state index contributed by atoms with van der Waals surface area (Å²) in [6, 6.07) is 10.4. The molecule has 2 aromatic carbocycles. The van der Waals surface area contributed by atoms with Gasteiger partial charge in [-0.3, -0.25) is 9.79 Å². The number of anilines is 1. The van der Waals surface area contributed by atoms with Crippen molar-refractivity contribution in [1.82, 2.24) is 4.72 Å². The average molecular weight is 519 g/mol. The van der Waals surface area contributed by atoms with Crippen LogP contribution in [0.25, 0.3) is 0 Å². The Labute approximate surface area is 205 Å². The summed E-state index contributed by atoms with van der Waals surface area (Å²) < 4.78 is 26.6. The predicted molar refractivity (Wildman–Crippen MR) is 134 cm³/mol. The SMILES string of the molecule is CCCCCS(=O)(=O)NC(=O)c1ccc2c(c1)N(Cc1ccc(Cl)cc1Cl)C(C)=NC2.Cl. The van der Waals surface area contributed by atoms with Crippen molar-refractivity contribution in [2.75, 3.05) is 10.7 Å². The summed E-state index contributed by atoms with van der Waals surface area (Å²) >= 11 is 12.4. The molecular formula is C22H26Cl3N3O3S. The number of amides is 1. The number of carbonyl (C=O) groups excluding carboxylic acids is 1. The van der Waals surface area contributed by atoms with Gasteiger partial charge in [-0.25, -0.2) is 13.1 Å². The lowest BCUT2D eigenvalue weighted by molar-refractivity contribution is 0.0981. The van der Waals surface area contributed by atoms with Crippen molar-refractivity contribution in [3.05, 3.63) is 63.1 Å². The Morgan fingerprint density at radius 2 is 1.91 bits per heavy atom. The highest BCUT2D eigenvalue weighted by Gasteiger charge is 2.23. The number of nitrogens with one attached hydrogen (secondary N) is 1. The van der Waals surface area contributed by atoms with Crippen molar-refractivity contribution in [2.45, 2.75) is 46.2 Å². The molecule has 1 amide bonds. The topological polar surface area (TPSA) is 78.8 Å². The number of nitrogens with zero attached hydrogens (tertiary/aromatic N) is 2. The van der Waals surface area contributed by atoms with Gasteiger partial charge in [-0.15, -0.1) is 12.4 Å². The summed E-state index contributed by atoms with van der Waals surface area (Å²) in [5.74, 6) is 0.0806. The summed E-state index contributed by atoms with van der Waals surface area (Å²) in [6.45, 7) is 4.81. The number of halogens is 3. The molecule has 0 saturated carbocycles. The Balaban J connectivity index is 0.00000363. The van der Waals surface area contributed by atoms with Gasteiger partial charge in [0.2, 0.25) is 10.0 Å². The largest absolute Gasteiger partial charge is 0.326 e. The fourth-order valence-electron chi connectivity index (χ4n) is 3.36. The molecule has 0 fully saturated rings. The molecule has 0 aliphatic carbocycles. The molecule has 1 N–H and O–H groups in total. The van der Waals surface area contributed by atoms with E-state index in [1.165, 1.54) is 0 Å². The first kappa shape index (κ1) is 26.5. The minimum atomic E-state index is -3.67. The van der Waals surface area contributed by atoms with E-state index in [2.05, 4.69) is 9.71 Å². The highest BCUT2D eigenvalue weighted by Crippen LogP contribution is 2.31. The van der Waals surface area contributed by atoms with Gasteiger partial charge in [-0.05, 0) is 48.7 Å². The van der Waals surface area contributed by atoms with E-state index < -0.39 is 15.9 Å². The van der Waals surface area contributed by atoms with Gasteiger partial charge in [0.15, 0.2) is 0 Å². The van der Waals surface area contributed by atoms with E-state index in [-0.39, 0.29) is 23.7 Å². The molecule has 1 heterocycles. The van der Waals surface area contributed by atoms with Crippen LogP contribution < -0.4 is 9.62 Å². The predicted octanol–water partition coefficient (Wildman–Crippen LogP) is 5.60. The summed E-state index contributed by atoms with van der Waals surface area (Å²) in [6.07, 6.45) is 2.23. The van der Waals surface area contributed by atoms with E-state index in [9.17, 15) is 13.2 Å². The third kappa shape index (κ3) is 6.61. The number of carbonyl (C=O) groups is 1. The maximum Gasteiger partial charge on any atom is 0.264 e. The molecule has 0 atom stereocenters. The Morgan fingerprint density at radius 1 is 1.16 bits per heavy atom. The summed E-state index contributed by atoms with van der Waals surface area (Å²) in [7, 11) is -3.67. The average Bonchev–Trinajstić information content (AvgIpc) is 2.71. The van der Waals surface area contributed by atoms with Crippen LogP contribution in [0.4, 0.5) is 5.69 Å². The number of hydrogen-bond donors (Lipinski definition) is 1. The van der Waals surface area contributed by atoms with Crippen LogP contribution in [0.3, 0.4) is 0 Å². The van der Waals surface area contributed by atoms with Crippen molar-refractivity contribution in [2.24, 2.45) is 4.99 Å². The monoisotopic (exact) mass is 517 g/mol. The van der Waals surface area contributed by atoms with Crippen LogP contribution >= 0.6 is 35.6 Å². The van der Waals surface area contributed by atoms with Crippen LogP contribution in [0.15, 0.2) is 41.4 Å². The third-order valence-electron chi connectivity index (χ3n) is 5.12. The maximum atomic E-state index is 12.6. The van der Waals surface area contributed by atoms with Gasteiger partial charge in [0.25, 0.3) is 5.91 Å². The van der Waals surface area contributed by atoms with Crippen molar-refractivity contribution in [1.29, 1.82) is 0 Å². The lowest BCUT2D eigenvalue weighted by Gasteiger charge is -2.30. The van der Waals surface area contributed by atoms with Crippen LogP contribution in [-0.4, -0.2) is 25.9 Å². The Morgan fingerprint density at radius 3 is 2.59 bits per heavy atom. The van der Waals surface area contributed by atoms with Crippen LogP contribution in [0.2, 0.25) is 10.0 Å². The van der Waals surface area contributed by atoms with E-state index in [1.807, 2.05) is 24.8 Å². The molecule has 1 aliphatic rings. The van der Waals surface area contributed by atoms with Gasteiger partial charge in [0.05, 0.1) is 18.8 Å². The van der Waals surface area contributed by atoms with E-state index in [0.717, 1.165) is 35.5 Å². The van der Waals surface area contributed by atoms with Crippen molar-refractivity contribution in [3.63, 3.8) is 0 Å². The number of fused-ring (bicyclic) bond motifs is 1. The van der Waals surface area contributed by atoms with Crippen LogP contribution in [0, 0.1) is 0 Å². The van der Waals surface area contributed by atoms with Gasteiger partial charge < -0.3 is 4.90 Å². The molecular weight excluding hydrogens is 493 g/mol. The maximum absolute atomic E-state index is 12.6. The molecule has 0 saturated heterocycles. The number of unbranched alkanes of at least 4 members (excludes halogenated alkanes) is 2. The second-order valence-corrected chi connectivity index (χ2v) is 10.2. The summed E-state index contributed by atoms with van der Waals surface area (Å²) in [5.41, 5.74) is 2.88. The smallest absolute Gasteiger partial charge is 0.264 e. The molecule has 32 heavy (non-hydrogen) atoms. The zero-order chi connectivity index (χ0) is 22.6. The van der Waals surface area contributed by atoms with E-state index in [4.69, 9.17) is 23.2 Å². The molecule has 10 heteroatoms. The normalized spacial score (nSPS) is 13.1. The van der Waals surface area contributed by atoms with Gasteiger partial charge >= 0.3 is 0 Å². The molecule has 3 rings (SSSR count). The first-order valence-electron chi connectivity index (χ1n) is 10.1. The zero-order valence-electron chi connectivity index (χ0n) is 17.9. The van der Waals surface area contributed by atoms with Crippen molar-refractivity contribution >= 4 is 63.1 Å². The second kappa shape index (κ2) is 11.4. The number of sulfonamides is 1. The zero-order valence-corrected chi connectivity index (χ0v) is 21.0. The number of amidine groups is 1. The second-order valence-electron chi connectivity index (χ2n) is 7.49. The minimum absolute atomic E-state index is 0. The third-order valence-corrected chi connectivity index (χ3v) is 7.03. The summed E-state index contributed by atoms with van der Waals surface area (Å²) in [5, 5.41) is 1.09. The molecule has 0 unspecified atom stereocenters. The lowest BCUT2D eigenvalue weighted by Crippen LogP contribution is -2.34. The first-order valence-corrected chi connectivity index (χ1v) is 12.5. The van der Waals surface area contributed by atoms with E-state index >= 15 is 0 Å². The number of rotatable bonds is 8. The highest BCUT2D eigenvalue weighted by atomic mass is 35.5. The number of aliphatic imine (C=N–C) groups is 1. The molecule has 0 spiro atoms. The van der Waals surface area contributed by atoms with Gasteiger partial charge in [-0.2, -0.15) is 0 Å². The van der Waals surface area contributed by atoms with Crippen molar-refractivity contribution < 1.29 is 13.2 Å². The molecule has 1 aliphatic heterocycles. The Bertz CT molecular complexity index is 1120. The quantitative estimate of drug-likeness (QED) is 0.461. The van der Waals surface area contributed by atoms with Crippen LogP contribution in [0.5, 0.6) is 0 Å². The van der Waals surface area contributed by atoms with E-state index in [1.54, 1.807) is 30.3 Å². The van der Waals surface area contributed by atoms with E-state index in [0.29, 0.717) is 29.6 Å². The minimum Gasteiger partial charge on any atom is -0.326 e. The first-order chi connectivity index (χ1) is 14.7. The highest BCUT2D eigenvalue weighted by molar-refractivity contribution is 7.90. The molecule has 2 aromatic rings. The molecule has 6 nitrogen and oxygen atoms in total. The van der Waals surface area contributed by atoms with Gasteiger partial charge in [-0.1, -0.05) is 55.1 Å².